The third-order valence-electron chi connectivity index (χ3n) is 4.02. The fourth-order valence-electron chi connectivity index (χ4n) is 2.90. The molecule has 2 aliphatic heterocycles. The van der Waals surface area contributed by atoms with E-state index in [9.17, 15) is 18.4 Å². The average Bonchev–Trinajstić information content (AvgIpc) is 2.52. The molecule has 1 aromatic rings. The third kappa shape index (κ3) is 3.42. The van der Waals surface area contributed by atoms with Crippen LogP contribution in [0.4, 0.5) is 20.2 Å². The van der Waals surface area contributed by atoms with E-state index >= 15 is 0 Å². The zero-order valence-corrected chi connectivity index (χ0v) is 12.5. The molecule has 0 bridgehead atoms. The maximum atomic E-state index is 14.3. The van der Waals surface area contributed by atoms with Gasteiger partial charge in [-0.1, -0.05) is 0 Å². The minimum absolute atomic E-state index is 0.0334. The highest BCUT2D eigenvalue weighted by atomic mass is 19.2. The van der Waals surface area contributed by atoms with E-state index in [1.165, 1.54) is 12.1 Å². The predicted octanol–water partition coefficient (Wildman–Crippen LogP) is 0.591. The maximum absolute atomic E-state index is 14.3. The molecule has 0 radical (unpaired) electrons. The number of amides is 2. The summed E-state index contributed by atoms with van der Waals surface area (Å²) in [4.78, 5) is 24.5. The third-order valence-corrected chi connectivity index (χ3v) is 4.02. The summed E-state index contributed by atoms with van der Waals surface area (Å²) in [5.41, 5.74) is 0.195. The van der Waals surface area contributed by atoms with Gasteiger partial charge in [0.2, 0.25) is 11.8 Å². The summed E-state index contributed by atoms with van der Waals surface area (Å²) in [5, 5.41) is 8.08. The van der Waals surface area contributed by atoms with Gasteiger partial charge in [-0.15, -0.1) is 0 Å². The van der Waals surface area contributed by atoms with Gasteiger partial charge in [0.05, 0.1) is 11.4 Å². The van der Waals surface area contributed by atoms with Gasteiger partial charge in [0.15, 0.2) is 11.6 Å². The van der Waals surface area contributed by atoms with Crippen molar-refractivity contribution in [3.63, 3.8) is 0 Å². The second-order valence-corrected chi connectivity index (χ2v) is 5.72. The topological polar surface area (TPSA) is 73.5 Å². The van der Waals surface area contributed by atoms with Crippen molar-refractivity contribution in [1.82, 2.24) is 10.6 Å². The Morgan fingerprint density at radius 1 is 1.04 bits per heavy atom. The van der Waals surface area contributed by atoms with Crippen molar-refractivity contribution in [2.24, 2.45) is 0 Å². The van der Waals surface area contributed by atoms with E-state index in [4.69, 9.17) is 0 Å². The molecule has 6 nitrogen and oxygen atoms in total. The lowest BCUT2D eigenvalue weighted by Gasteiger charge is -2.30. The number of piperazine rings is 1. The number of carbonyl (C=O) groups excluding carboxylic acids is 2. The van der Waals surface area contributed by atoms with Gasteiger partial charge in [-0.3, -0.25) is 14.9 Å². The Bertz CT molecular complexity index is 616. The second kappa shape index (κ2) is 6.49. The first-order valence-corrected chi connectivity index (χ1v) is 7.57. The number of nitrogens with zero attached hydrogens (tertiary/aromatic N) is 1. The standard InChI is InChI=1S/C15H18F2N4O2/c16-14-10(19-9-7-12(22)20-13(23)8-9)1-2-11(15(14)17)21-5-3-18-4-6-21/h1-2,9,18-19H,3-8H2,(H,20,22,23). The van der Waals surface area contributed by atoms with Crippen LogP contribution < -0.4 is 20.9 Å². The first-order chi connectivity index (χ1) is 11.0. The Morgan fingerprint density at radius 3 is 2.35 bits per heavy atom. The minimum Gasteiger partial charge on any atom is -0.379 e. The largest absolute Gasteiger partial charge is 0.379 e. The van der Waals surface area contributed by atoms with Crippen molar-refractivity contribution in [2.45, 2.75) is 18.9 Å². The fourth-order valence-corrected chi connectivity index (χ4v) is 2.90. The zero-order valence-electron chi connectivity index (χ0n) is 12.5. The molecule has 2 heterocycles. The summed E-state index contributed by atoms with van der Waals surface area (Å²) in [7, 11) is 0. The van der Waals surface area contributed by atoms with Crippen molar-refractivity contribution in [3.05, 3.63) is 23.8 Å². The maximum Gasteiger partial charge on any atom is 0.228 e. The molecular weight excluding hydrogens is 306 g/mol. The van der Waals surface area contributed by atoms with Crippen molar-refractivity contribution in [3.8, 4) is 0 Å². The van der Waals surface area contributed by atoms with Crippen LogP contribution in [0.2, 0.25) is 0 Å². The van der Waals surface area contributed by atoms with E-state index < -0.39 is 29.5 Å². The van der Waals surface area contributed by atoms with Gasteiger partial charge in [0.1, 0.15) is 0 Å². The van der Waals surface area contributed by atoms with E-state index in [0.29, 0.717) is 13.1 Å². The molecule has 3 N–H and O–H groups in total. The number of imide groups is 1. The molecule has 0 aliphatic carbocycles. The molecule has 1 aromatic carbocycles. The van der Waals surface area contributed by atoms with Gasteiger partial charge in [-0.25, -0.2) is 8.78 Å². The van der Waals surface area contributed by atoms with Crippen molar-refractivity contribution >= 4 is 23.2 Å². The normalized spacial score (nSPS) is 19.7. The number of rotatable bonds is 3. The number of nitrogens with one attached hydrogen (secondary N) is 3. The molecular formula is C15H18F2N4O2. The summed E-state index contributed by atoms with van der Waals surface area (Å²) < 4.78 is 28.6. The molecule has 0 spiro atoms. The number of benzene rings is 1. The van der Waals surface area contributed by atoms with Crippen molar-refractivity contribution in [1.29, 1.82) is 0 Å². The van der Waals surface area contributed by atoms with Crippen LogP contribution >= 0.6 is 0 Å². The summed E-state index contributed by atoms with van der Waals surface area (Å²) in [5.74, 6) is -2.74. The molecule has 2 fully saturated rings. The Morgan fingerprint density at radius 2 is 1.70 bits per heavy atom. The number of halogens is 2. The lowest BCUT2D eigenvalue weighted by Crippen LogP contribution is -2.44. The van der Waals surface area contributed by atoms with Gasteiger partial charge in [0, 0.05) is 45.1 Å². The Kier molecular flexibility index (Phi) is 4.42. The Labute approximate surface area is 132 Å². The molecule has 0 aromatic heterocycles. The van der Waals surface area contributed by atoms with Crippen molar-refractivity contribution in [2.75, 3.05) is 36.4 Å². The summed E-state index contributed by atoms with van der Waals surface area (Å²) in [6.45, 7) is 2.67. The monoisotopic (exact) mass is 324 g/mol. The summed E-state index contributed by atoms with van der Waals surface area (Å²) in [6, 6.07) is 2.44. The van der Waals surface area contributed by atoms with Crippen LogP contribution in [-0.2, 0) is 9.59 Å². The number of hydrogen-bond acceptors (Lipinski definition) is 5. The van der Waals surface area contributed by atoms with E-state index in [-0.39, 0.29) is 24.2 Å². The summed E-state index contributed by atoms with van der Waals surface area (Å²) in [6.07, 6.45) is 0.0959. The summed E-state index contributed by atoms with van der Waals surface area (Å²) >= 11 is 0. The number of carbonyl (C=O) groups is 2. The van der Waals surface area contributed by atoms with Crippen LogP contribution in [0.3, 0.4) is 0 Å². The van der Waals surface area contributed by atoms with E-state index in [2.05, 4.69) is 16.0 Å². The smallest absolute Gasteiger partial charge is 0.228 e. The van der Waals surface area contributed by atoms with Gasteiger partial charge < -0.3 is 15.5 Å². The highest BCUT2D eigenvalue weighted by molar-refractivity contribution is 5.98. The highest BCUT2D eigenvalue weighted by Gasteiger charge is 2.26. The molecule has 2 saturated heterocycles. The van der Waals surface area contributed by atoms with Crippen LogP contribution in [-0.4, -0.2) is 44.0 Å². The van der Waals surface area contributed by atoms with E-state index in [1.54, 1.807) is 4.90 Å². The number of piperidine rings is 1. The molecule has 2 amide bonds. The molecule has 2 aliphatic rings. The molecule has 0 unspecified atom stereocenters. The average molecular weight is 324 g/mol. The quantitative estimate of drug-likeness (QED) is 0.710. The first kappa shape index (κ1) is 15.7. The predicted molar refractivity (Wildman–Crippen MR) is 81.2 cm³/mol. The molecule has 124 valence electrons. The minimum atomic E-state index is -0.987. The number of hydrogen-bond donors (Lipinski definition) is 3. The first-order valence-electron chi connectivity index (χ1n) is 7.57. The van der Waals surface area contributed by atoms with E-state index in [0.717, 1.165) is 13.1 Å². The fraction of sp³-hybridized carbons (Fsp3) is 0.467. The van der Waals surface area contributed by atoms with Crippen LogP contribution in [0.25, 0.3) is 0 Å². The van der Waals surface area contributed by atoms with Crippen LogP contribution in [0.1, 0.15) is 12.8 Å². The molecule has 8 heteroatoms. The van der Waals surface area contributed by atoms with Crippen LogP contribution in [0.5, 0.6) is 0 Å². The zero-order chi connectivity index (χ0) is 16.4. The highest BCUT2D eigenvalue weighted by Crippen LogP contribution is 2.28. The van der Waals surface area contributed by atoms with Gasteiger partial charge in [0.25, 0.3) is 0 Å². The molecule has 3 rings (SSSR count). The lowest BCUT2D eigenvalue weighted by atomic mass is 10.0. The number of anilines is 2. The lowest BCUT2D eigenvalue weighted by molar-refractivity contribution is -0.133. The van der Waals surface area contributed by atoms with Gasteiger partial charge >= 0.3 is 0 Å². The molecule has 23 heavy (non-hydrogen) atoms. The van der Waals surface area contributed by atoms with Gasteiger partial charge in [-0.05, 0) is 12.1 Å². The van der Waals surface area contributed by atoms with Gasteiger partial charge in [-0.2, -0.15) is 0 Å². The van der Waals surface area contributed by atoms with E-state index in [1.807, 2.05) is 0 Å². The molecule has 0 atom stereocenters. The SMILES string of the molecule is O=C1CC(Nc2ccc(N3CCNCC3)c(F)c2F)CC(=O)N1. The Balaban J connectivity index is 1.77. The van der Waals surface area contributed by atoms with Crippen LogP contribution in [0.15, 0.2) is 12.1 Å². The van der Waals surface area contributed by atoms with Crippen molar-refractivity contribution < 1.29 is 18.4 Å². The molecule has 0 saturated carbocycles. The second-order valence-electron chi connectivity index (χ2n) is 5.72. The van der Waals surface area contributed by atoms with Crippen LogP contribution in [0, 0.1) is 11.6 Å². The Hall–Kier alpha value is -2.22.